The number of hydrogen-bond donors (Lipinski definition) is 2. The Kier molecular flexibility index (Phi) is 8.72. The third kappa shape index (κ3) is 6.07. The first-order valence-electron chi connectivity index (χ1n) is 12.8. The summed E-state index contributed by atoms with van der Waals surface area (Å²) in [5, 5.41) is 11.0. The smallest absolute Gasteiger partial charge is 0.295 e. The number of rotatable bonds is 9. The summed E-state index contributed by atoms with van der Waals surface area (Å²) in [5.74, 6) is -0.136. The molecule has 2 saturated carbocycles. The average molecular weight is 684 g/mol. The van der Waals surface area contributed by atoms with Crippen LogP contribution in [0, 0.1) is 5.92 Å². The fraction of sp³-hybridized carbons (Fsp3) is 0.385. The SMILES string of the molecule is CC.CSc1cc(-c2ccn(C3CC3)n2)ccc1Nc1cc(NC(=O)C2CC2)nc2c1nc(C(F)F)n2PI. The number of nitrogens with one attached hydrogen (secondary N) is 2. The first-order valence-corrected chi connectivity index (χ1v) is 18.1. The molecule has 0 radical (unpaired) electrons. The highest BCUT2D eigenvalue weighted by Gasteiger charge is 2.30. The first-order chi connectivity index (χ1) is 18.9. The molecule has 2 N–H and O–H groups in total. The quantitative estimate of drug-likeness (QED) is 0.105. The fourth-order valence-electron chi connectivity index (χ4n) is 4.16. The minimum Gasteiger partial charge on any atom is -0.353 e. The second kappa shape index (κ2) is 12.1. The molecule has 3 heterocycles. The summed E-state index contributed by atoms with van der Waals surface area (Å²) >= 11 is 3.61. The molecule has 1 amide bonds. The summed E-state index contributed by atoms with van der Waals surface area (Å²) in [6.07, 6.45) is 5.28. The molecule has 2 fully saturated rings. The van der Waals surface area contributed by atoms with Crippen LogP contribution in [-0.4, -0.2) is 36.2 Å². The van der Waals surface area contributed by atoms with Gasteiger partial charge in [0.05, 0.1) is 29.5 Å². The van der Waals surface area contributed by atoms with Crippen molar-refractivity contribution in [1.29, 1.82) is 0 Å². The van der Waals surface area contributed by atoms with E-state index in [2.05, 4.69) is 26.7 Å². The lowest BCUT2D eigenvalue weighted by atomic mass is 10.1. The fourth-order valence-corrected chi connectivity index (χ4v) is 6.64. The highest BCUT2D eigenvalue weighted by Crippen LogP contribution is 2.41. The van der Waals surface area contributed by atoms with Crippen LogP contribution in [0.2, 0.25) is 0 Å². The monoisotopic (exact) mass is 683 g/mol. The summed E-state index contributed by atoms with van der Waals surface area (Å²) in [6.45, 7) is 4.00. The maximum atomic E-state index is 13.8. The van der Waals surface area contributed by atoms with Crippen LogP contribution >= 0.6 is 40.2 Å². The summed E-state index contributed by atoms with van der Waals surface area (Å²) < 4.78 is 31.0. The number of nitrogens with zero attached hydrogens (tertiary/aromatic N) is 5. The third-order valence-electron chi connectivity index (χ3n) is 6.42. The number of imidazole rings is 1. The molecule has 1 atom stereocenters. The van der Waals surface area contributed by atoms with E-state index < -0.39 is 6.43 Å². The lowest BCUT2D eigenvalue weighted by molar-refractivity contribution is -0.117. The van der Waals surface area contributed by atoms with Gasteiger partial charge < -0.3 is 10.6 Å². The predicted octanol–water partition coefficient (Wildman–Crippen LogP) is 8.20. The highest BCUT2D eigenvalue weighted by molar-refractivity contribution is 14.2. The number of anilines is 3. The van der Waals surface area contributed by atoms with Crippen molar-refractivity contribution in [3.8, 4) is 11.3 Å². The maximum Gasteiger partial charge on any atom is 0.295 e. The second-order valence-electron chi connectivity index (χ2n) is 9.13. The van der Waals surface area contributed by atoms with E-state index in [-0.39, 0.29) is 24.0 Å². The van der Waals surface area contributed by atoms with E-state index in [1.54, 1.807) is 17.8 Å². The second-order valence-corrected chi connectivity index (χ2v) is 12.0. The van der Waals surface area contributed by atoms with E-state index in [9.17, 15) is 13.6 Å². The van der Waals surface area contributed by atoms with E-state index in [0.717, 1.165) is 34.7 Å². The lowest BCUT2D eigenvalue weighted by Gasteiger charge is -2.14. The molecule has 0 bridgehead atoms. The average Bonchev–Trinajstić information content (AvgIpc) is 3.89. The number of aromatic nitrogens is 5. The van der Waals surface area contributed by atoms with Gasteiger partial charge in [0.2, 0.25) is 5.91 Å². The maximum absolute atomic E-state index is 13.8. The van der Waals surface area contributed by atoms with Gasteiger partial charge in [0.1, 0.15) is 11.3 Å². The number of thioether (sulfide) groups is 1. The van der Waals surface area contributed by atoms with Crippen LogP contribution in [0.4, 0.5) is 26.0 Å². The Balaban J connectivity index is 0.00000151. The molecule has 0 aliphatic heterocycles. The molecule has 3 aromatic heterocycles. The molecular formula is C26H29F2IN7OPS. The molecule has 2 aliphatic rings. The Hall–Kier alpha value is -2.31. The molecule has 0 spiro atoms. The Labute approximate surface area is 244 Å². The molecule has 4 aromatic rings. The molecule has 2 aliphatic carbocycles. The highest BCUT2D eigenvalue weighted by atomic mass is 127. The van der Waals surface area contributed by atoms with Gasteiger partial charge in [0.25, 0.3) is 6.43 Å². The number of alkyl halides is 2. The van der Waals surface area contributed by atoms with Gasteiger partial charge in [-0.25, -0.2) is 18.7 Å². The van der Waals surface area contributed by atoms with Crippen molar-refractivity contribution >= 4 is 74.4 Å². The summed E-state index contributed by atoms with van der Waals surface area (Å²) in [5.41, 5.74) is 3.87. The normalized spacial score (nSPS) is 15.2. The van der Waals surface area contributed by atoms with Crippen molar-refractivity contribution in [1.82, 2.24) is 24.1 Å². The number of fused-ring (bicyclic) bond motifs is 1. The van der Waals surface area contributed by atoms with Crippen molar-refractivity contribution in [2.45, 2.75) is 56.9 Å². The topological polar surface area (TPSA) is 89.7 Å². The zero-order valence-electron chi connectivity index (χ0n) is 21.7. The van der Waals surface area contributed by atoms with Gasteiger partial charge in [-0.2, -0.15) is 5.10 Å². The minimum atomic E-state index is -2.75. The van der Waals surface area contributed by atoms with Crippen LogP contribution < -0.4 is 10.6 Å². The Morgan fingerprint density at radius 2 is 1.90 bits per heavy atom. The number of hydrogen-bond acceptors (Lipinski definition) is 6. The van der Waals surface area contributed by atoms with Crippen LogP contribution in [-0.2, 0) is 4.79 Å². The molecule has 1 unspecified atom stereocenters. The van der Waals surface area contributed by atoms with E-state index in [4.69, 9.17) is 5.10 Å². The van der Waals surface area contributed by atoms with Crippen LogP contribution in [0.5, 0.6) is 0 Å². The molecule has 39 heavy (non-hydrogen) atoms. The number of amides is 1. The molecule has 13 heteroatoms. The standard InChI is InChI=1S/C24H23F2IN7OPS.C2H6/c1-37-18-10-13(15-8-9-33(32-15)14-5-6-14)4-7-16(18)28-17-11-19(30-24(35)12-2-3-12)29-22-20(17)31-23(21(25)26)34(22)36-27;1-2/h4,7-12,14,21,36H,2-3,5-6H2,1H3,(H2,28,29,30,35);1-2H3. The minimum absolute atomic E-state index is 0.0130. The molecule has 0 saturated heterocycles. The van der Waals surface area contributed by atoms with Gasteiger partial charge >= 0.3 is 0 Å². The van der Waals surface area contributed by atoms with Gasteiger partial charge in [0, 0.05) is 28.6 Å². The van der Waals surface area contributed by atoms with Gasteiger partial charge in [-0.15, -0.1) is 11.8 Å². The summed E-state index contributed by atoms with van der Waals surface area (Å²) in [6, 6.07) is 10.2. The summed E-state index contributed by atoms with van der Waals surface area (Å²) in [4.78, 5) is 22.2. The zero-order chi connectivity index (χ0) is 27.7. The van der Waals surface area contributed by atoms with Crippen LogP contribution in [0.1, 0.15) is 57.8 Å². The van der Waals surface area contributed by atoms with Crippen LogP contribution in [0.3, 0.4) is 0 Å². The largest absolute Gasteiger partial charge is 0.353 e. The molecule has 1 aromatic carbocycles. The van der Waals surface area contributed by atoms with Gasteiger partial charge in [-0.1, -0.05) is 19.9 Å². The van der Waals surface area contributed by atoms with Gasteiger partial charge in [-0.05, 0) is 72.2 Å². The Morgan fingerprint density at radius 3 is 2.54 bits per heavy atom. The summed E-state index contributed by atoms with van der Waals surface area (Å²) in [7, 11) is 0. The van der Waals surface area contributed by atoms with E-state index in [1.807, 2.05) is 71.2 Å². The van der Waals surface area contributed by atoms with Crippen molar-refractivity contribution in [2.24, 2.45) is 5.92 Å². The van der Waals surface area contributed by atoms with E-state index in [1.165, 1.54) is 17.2 Å². The third-order valence-corrected chi connectivity index (χ3v) is 9.25. The van der Waals surface area contributed by atoms with Crippen molar-refractivity contribution in [3.05, 3.63) is 42.4 Å². The van der Waals surface area contributed by atoms with Gasteiger partial charge in [-0.3, -0.25) is 13.8 Å². The number of carbonyl (C=O) groups excluding carboxylic acids is 1. The number of halogens is 3. The van der Waals surface area contributed by atoms with Gasteiger partial charge in [0.15, 0.2) is 11.5 Å². The lowest BCUT2D eigenvalue weighted by Crippen LogP contribution is -2.14. The number of pyridine rings is 1. The molecule has 206 valence electrons. The van der Waals surface area contributed by atoms with E-state index >= 15 is 0 Å². The Morgan fingerprint density at radius 1 is 1.13 bits per heavy atom. The van der Waals surface area contributed by atoms with Crippen molar-refractivity contribution < 1.29 is 13.6 Å². The number of carbonyl (C=O) groups is 1. The van der Waals surface area contributed by atoms with Crippen LogP contribution in [0.15, 0.2) is 41.4 Å². The van der Waals surface area contributed by atoms with Crippen molar-refractivity contribution in [2.75, 3.05) is 16.9 Å². The number of benzene rings is 1. The van der Waals surface area contributed by atoms with Crippen molar-refractivity contribution in [3.63, 3.8) is 0 Å². The van der Waals surface area contributed by atoms with E-state index in [0.29, 0.717) is 28.7 Å². The zero-order valence-corrected chi connectivity index (χ0v) is 25.7. The molecule has 8 nitrogen and oxygen atoms in total. The first kappa shape index (κ1) is 28.2. The Bertz CT molecular complexity index is 1500. The predicted molar refractivity (Wildman–Crippen MR) is 164 cm³/mol. The molecule has 6 rings (SSSR count). The molecular weight excluding hydrogens is 654 g/mol. The van der Waals surface area contributed by atoms with Crippen LogP contribution in [0.25, 0.3) is 22.4 Å².